The Hall–Kier alpha value is -4.27. The molecule has 11 heteroatoms. The van der Waals surface area contributed by atoms with Gasteiger partial charge in [0.05, 0.1) is 17.7 Å². The van der Waals surface area contributed by atoms with Crippen molar-refractivity contribution in [1.29, 1.82) is 5.26 Å². The average molecular weight is 549 g/mol. The van der Waals surface area contributed by atoms with E-state index in [0.717, 1.165) is 10.7 Å². The Morgan fingerprint density at radius 1 is 1.12 bits per heavy atom. The smallest absolute Gasteiger partial charge is 0.253 e. The number of amides is 1. The number of carbonyl (C=O) groups is 1. The summed E-state index contributed by atoms with van der Waals surface area (Å²) < 4.78 is 46.9. The Bertz CT molecular complexity index is 1700. The van der Waals surface area contributed by atoms with Crippen LogP contribution in [0.25, 0.3) is 33.3 Å². The topological polar surface area (TPSA) is 121 Å². The third-order valence-corrected chi connectivity index (χ3v) is 6.97. The minimum atomic E-state index is -1.26. The first-order valence-electron chi connectivity index (χ1n) is 12.6. The van der Waals surface area contributed by atoms with Crippen molar-refractivity contribution in [3.05, 3.63) is 71.0 Å². The molecule has 1 fully saturated rings. The van der Waals surface area contributed by atoms with E-state index in [2.05, 4.69) is 10.3 Å². The quantitative estimate of drug-likeness (QED) is 0.382. The number of rotatable bonds is 5. The number of halogens is 3. The minimum absolute atomic E-state index is 0.0505. The number of benzene rings is 3. The van der Waals surface area contributed by atoms with Crippen molar-refractivity contribution in [2.45, 2.75) is 44.9 Å². The molecular formula is C29H27F3N6O2. The lowest BCUT2D eigenvalue weighted by molar-refractivity contribution is 0.0583. The van der Waals surface area contributed by atoms with Crippen LogP contribution in [0.15, 0.2) is 42.5 Å². The molecule has 0 saturated carbocycles. The third kappa shape index (κ3) is 5.03. The van der Waals surface area contributed by atoms with E-state index in [1.165, 1.54) is 50.2 Å². The van der Waals surface area contributed by atoms with Gasteiger partial charge in [-0.05, 0) is 74.2 Å². The molecule has 1 amide bonds. The molecule has 5 rings (SSSR count). The highest BCUT2D eigenvalue weighted by Crippen LogP contribution is 2.38. The number of carbonyl (C=O) groups excluding carboxylic acids is 1. The summed E-state index contributed by atoms with van der Waals surface area (Å²) in [6.07, 6.45) is 0.628. The van der Waals surface area contributed by atoms with Crippen LogP contribution in [0.5, 0.6) is 0 Å². The van der Waals surface area contributed by atoms with Crippen LogP contribution in [0.3, 0.4) is 0 Å². The van der Waals surface area contributed by atoms with Gasteiger partial charge in [-0.25, -0.2) is 17.9 Å². The molecule has 3 N–H and O–H groups in total. The number of nitriles is 1. The van der Waals surface area contributed by atoms with E-state index in [1.54, 1.807) is 11.0 Å². The van der Waals surface area contributed by atoms with Crippen LogP contribution in [-0.2, 0) is 6.54 Å². The molecular weight excluding hydrogens is 521 g/mol. The Morgan fingerprint density at radius 2 is 1.88 bits per heavy atom. The fourth-order valence-corrected chi connectivity index (χ4v) is 5.01. The van der Waals surface area contributed by atoms with E-state index in [4.69, 9.17) is 11.0 Å². The average Bonchev–Trinajstić information content (AvgIpc) is 3.46. The predicted octanol–water partition coefficient (Wildman–Crippen LogP) is 4.39. The predicted molar refractivity (Wildman–Crippen MR) is 142 cm³/mol. The number of nitrogens with two attached hydrogens (primary N) is 1. The molecule has 0 aliphatic carbocycles. The van der Waals surface area contributed by atoms with Crippen molar-refractivity contribution in [2.75, 3.05) is 13.1 Å². The SMILES string of the molecule is CC(C)(O)Cn1nnc2cc(-c3ccc(C(=O)N4CC[C@](C)(N)C4)cc3-c3ccc(C#N)c(F)c3)c(F)c(F)c21. The highest BCUT2D eigenvalue weighted by atomic mass is 19.2. The molecule has 40 heavy (non-hydrogen) atoms. The Labute approximate surface area is 228 Å². The zero-order chi connectivity index (χ0) is 29.0. The third-order valence-electron chi connectivity index (χ3n) is 6.97. The van der Waals surface area contributed by atoms with Crippen LogP contribution in [0.4, 0.5) is 13.2 Å². The number of fused-ring (bicyclic) bond motifs is 1. The van der Waals surface area contributed by atoms with Crippen molar-refractivity contribution < 1.29 is 23.1 Å². The van der Waals surface area contributed by atoms with Gasteiger partial charge < -0.3 is 15.7 Å². The molecule has 4 aromatic rings. The number of likely N-dealkylation sites (tertiary alicyclic amines) is 1. The largest absolute Gasteiger partial charge is 0.389 e. The normalized spacial score (nSPS) is 17.4. The van der Waals surface area contributed by atoms with Crippen LogP contribution in [0.2, 0.25) is 0 Å². The second-order valence-electron chi connectivity index (χ2n) is 11.2. The summed E-state index contributed by atoms with van der Waals surface area (Å²) in [7, 11) is 0. The van der Waals surface area contributed by atoms with Gasteiger partial charge in [0.25, 0.3) is 5.91 Å². The van der Waals surface area contributed by atoms with E-state index in [9.17, 15) is 14.3 Å². The lowest BCUT2D eigenvalue weighted by Crippen LogP contribution is -2.40. The van der Waals surface area contributed by atoms with Gasteiger partial charge >= 0.3 is 0 Å². The highest BCUT2D eigenvalue weighted by molar-refractivity contribution is 5.98. The highest BCUT2D eigenvalue weighted by Gasteiger charge is 2.33. The van der Waals surface area contributed by atoms with Gasteiger partial charge in [0.2, 0.25) is 0 Å². The van der Waals surface area contributed by atoms with Crippen molar-refractivity contribution in [1.82, 2.24) is 19.9 Å². The van der Waals surface area contributed by atoms with Crippen LogP contribution in [0.1, 0.15) is 43.1 Å². The van der Waals surface area contributed by atoms with E-state index >= 15 is 8.78 Å². The van der Waals surface area contributed by atoms with Crippen molar-refractivity contribution in [2.24, 2.45) is 5.73 Å². The number of nitrogens with zero attached hydrogens (tertiary/aromatic N) is 5. The fraction of sp³-hybridized carbons (Fsp3) is 0.310. The molecule has 1 aromatic heterocycles. The summed E-state index contributed by atoms with van der Waals surface area (Å²) in [4.78, 5) is 14.9. The zero-order valence-electron chi connectivity index (χ0n) is 22.2. The van der Waals surface area contributed by atoms with Gasteiger partial charge in [0.1, 0.15) is 22.9 Å². The molecule has 1 aliphatic heterocycles. The molecule has 0 unspecified atom stereocenters. The molecule has 0 radical (unpaired) electrons. The maximum Gasteiger partial charge on any atom is 0.253 e. The van der Waals surface area contributed by atoms with Crippen molar-refractivity contribution in [3.63, 3.8) is 0 Å². The number of aliphatic hydroxyl groups is 1. The molecule has 2 heterocycles. The number of aromatic nitrogens is 3. The van der Waals surface area contributed by atoms with Crippen molar-refractivity contribution >= 4 is 16.9 Å². The first kappa shape index (κ1) is 27.3. The summed E-state index contributed by atoms with van der Waals surface area (Å²) in [5.74, 6) is -3.50. The number of hydrogen-bond donors (Lipinski definition) is 2. The van der Waals surface area contributed by atoms with Gasteiger partial charge in [-0.15, -0.1) is 5.10 Å². The number of hydrogen-bond acceptors (Lipinski definition) is 6. The van der Waals surface area contributed by atoms with E-state index < -0.39 is 28.6 Å². The molecule has 1 atom stereocenters. The zero-order valence-corrected chi connectivity index (χ0v) is 22.2. The van der Waals surface area contributed by atoms with Gasteiger partial charge in [-0.3, -0.25) is 4.79 Å². The molecule has 0 spiro atoms. The van der Waals surface area contributed by atoms with Crippen LogP contribution < -0.4 is 5.73 Å². The molecule has 1 saturated heterocycles. The Balaban J connectivity index is 1.68. The molecule has 8 nitrogen and oxygen atoms in total. The summed E-state index contributed by atoms with van der Waals surface area (Å²) in [6, 6.07) is 11.4. The maximum absolute atomic E-state index is 15.7. The fourth-order valence-electron chi connectivity index (χ4n) is 5.01. The van der Waals surface area contributed by atoms with E-state index in [-0.39, 0.29) is 56.9 Å². The summed E-state index contributed by atoms with van der Waals surface area (Å²) in [6.45, 7) is 5.57. The van der Waals surface area contributed by atoms with Crippen LogP contribution in [-0.4, -0.2) is 55.1 Å². The second-order valence-corrected chi connectivity index (χ2v) is 11.2. The summed E-state index contributed by atoms with van der Waals surface area (Å²) in [5, 5.41) is 27.2. The summed E-state index contributed by atoms with van der Waals surface area (Å²) >= 11 is 0. The Kier molecular flexibility index (Phi) is 6.64. The van der Waals surface area contributed by atoms with Gasteiger partial charge in [0, 0.05) is 29.8 Å². The molecule has 0 bridgehead atoms. The molecule has 3 aromatic carbocycles. The minimum Gasteiger partial charge on any atom is -0.389 e. The van der Waals surface area contributed by atoms with Crippen LogP contribution >= 0.6 is 0 Å². The maximum atomic E-state index is 15.7. The van der Waals surface area contributed by atoms with E-state index in [1.807, 2.05) is 6.92 Å². The first-order chi connectivity index (χ1) is 18.8. The van der Waals surface area contributed by atoms with E-state index in [0.29, 0.717) is 19.5 Å². The first-order valence-corrected chi connectivity index (χ1v) is 12.6. The Morgan fingerprint density at radius 3 is 2.50 bits per heavy atom. The monoisotopic (exact) mass is 548 g/mol. The standard InChI is InChI=1S/C29H27F3N6O2/c1-28(2,40)14-38-26-23(35-36-38)12-21(24(31)25(26)32)19-7-6-17(27(39)37-9-8-29(3,34)15-37)10-20(19)16-4-5-18(13-33)22(30)11-16/h4-7,10-12,40H,8-9,14-15,34H2,1-3H3/t29-/m0/s1. The lowest BCUT2D eigenvalue weighted by Gasteiger charge is -2.21. The van der Waals surface area contributed by atoms with Crippen molar-refractivity contribution in [3.8, 4) is 28.3 Å². The van der Waals surface area contributed by atoms with Gasteiger partial charge in [-0.1, -0.05) is 17.3 Å². The second kappa shape index (κ2) is 9.73. The molecule has 206 valence electrons. The van der Waals surface area contributed by atoms with Gasteiger partial charge in [0.15, 0.2) is 11.6 Å². The molecule has 1 aliphatic rings. The lowest BCUT2D eigenvalue weighted by atomic mass is 9.91. The summed E-state index contributed by atoms with van der Waals surface area (Å²) in [5.41, 5.74) is 4.87. The van der Waals surface area contributed by atoms with Gasteiger partial charge in [-0.2, -0.15) is 5.26 Å². The van der Waals surface area contributed by atoms with Crippen LogP contribution in [0, 0.1) is 28.8 Å².